The highest BCUT2D eigenvalue weighted by Crippen LogP contribution is 2.17. The second kappa shape index (κ2) is 68.8. The molecular weight excluding hydrogens is 997 g/mol. The van der Waals surface area contributed by atoms with Gasteiger partial charge in [-0.3, -0.25) is 14.4 Å². The van der Waals surface area contributed by atoms with Gasteiger partial charge >= 0.3 is 17.9 Å². The van der Waals surface area contributed by atoms with Crippen molar-refractivity contribution in [3.63, 3.8) is 0 Å². The largest absolute Gasteiger partial charge is 0.462 e. The van der Waals surface area contributed by atoms with Crippen LogP contribution in [0.3, 0.4) is 0 Å². The number of carbonyl (C=O) groups excluding carboxylic acids is 3. The van der Waals surface area contributed by atoms with E-state index in [0.717, 1.165) is 116 Å². The van der Waals surface area contributed by atoms with Gasteiger partial charge in [-0.05, 0) is 122 Å². The van der Waals surface area contributed by atoms with Gasteiger partial charge in [0.05, 0.1) is 0 Å². The summed E-state index contributed by atoms with van der Waals surface area (Å²) in [5, 5.41) is 0. The summed E-state index contributed by atoms with van der Waals surface area (Å²) in [7, 11) is 0. The number of hydrogen-bond donors (Lipinski definition) is 0. The molecule has 0 aliphatic rings. The molecule has 0 aromatic heterocycles. The van der Waals surface area contributed by atoms with E-state index in [-0.39, 0.29) is 31.1 Å². The molecule has 1 unspecified atom stereocenters. The van der Waals surface area contributed by atoms with Crippen LogP contribution >= 0.6 is 0 Å². The Morgan fingerprint density at radius 3 is 0.765 bits per heavy atom. The summed E-state index contributed by atoms with van der Waals surface area (Å²) in [5.41, 5.74) is 0. The van der Waals surface area contributed by atoms with Gasteiger partial charge in [-0.1, -0.05) is 298 Å². The fourth-order valence-electron chi connectivity index (χ4n) is 9.85. The van der Waals surface area contributed by atoms with Crippen molar-refractivity contribution < 1.29 is 28.6 Å². The van der Waals surface area contributed by atoms with Gasteiger partial charge in [0.15, 0.2) is 6.10 Å². The number of rotatable bonds is 63. The van der Waals surface area contributed by atoms with Crippen LogP contribution in [0.2, 0.25) is 0 Å². The van der Waals surface area contributed by atoms with E-state index in [1.807, 2.05) is 0 Å². The predicted octanol–water partition coefficient (Wildman–Crippen LogP) is 24.0. The first kappa shape index (κ1) is 77.3. The maximum atomic E-state index is 13.0. The smallest absolute Gasteiger partial charge is 0.306 e. The monoisotopic (exact) mass is 1130 g/mol. The van der Waals surface area contributed by atoms with Gasteiger partial charge in [-0.25, -0.2) is 0 Å². The van der Waals surface area contributed by atoms with E-state index < -0.39 is 6.10 Å². The van der Waals surface area contributed by atoms with Gasteiger partial charge in [0.25, 0.3) is 0 Å². The molecule has 0 aliphatic carbocycles. The molecule has 0 heterocycles. The van der Waals surface area contributed by atoms with Crippen LogP contribution in [0.25, 0.3) is 0 Å². The highest BCUT2D eigenvalue weighted by molar-refractivity contribution is 5.71. The minimum Gasteiger partial charge on any atom is -0.462 e. The molecule has 1 atom stereocenters. The molecule has 81 heavy (non-hydrogen) atoms. The lowest BCUT2D eigenvalue weighted by Crippen LogP contribution is -2.30. The summed E-state index contributed by atoms with van der Waals surface area (Å²) in [6.45, 7) is 6.54. The molecular formula is C75H130O6. The van der Waals surface area contributed by atoms with Crippen molar-refractivity contribution in [3.05, 3.63) is 97.2 Å². The second-order valence-corrected chi connectivity index (χ2v) is 23.1. The van der Waals surface area contributed by atoms with E-state index >= 15 is 0 Å². The van der Waals surface area contributed by atoms with E-state index in [9.17, 15) is 14.4 Å². The van der Waals surface area contributed by atoms with Crippen LogP contribution in [0.5, 0.6) is 0 Å². The fraction of sp³-hybridized carbons (Fsp3) is 0.747. The molecule has 0 fully saturated rings. The van der Waals surface area contributed by atoms with Gasteiger partial charge in [0.1, 0.15) is 13.2 Å². The van der Waals surface area contributed by atoms with Gasteiger partial charge in [0.2, 0.25) is 0 Å². The van der Waals surface area contributed by atoms with Crippen molar-refractivity contribution in [2.45, 2.75) is 348 Å². The Bertz CT molecular complexity index is 1580. The highest BCUT2D eigenvalue weighted by Gasteiger charge is 2.19. The SMILES string of the molecule is CC/C=C\C/C=C\C/C=C\C/C=C\C/C=C\C/C=C\CCCCCCCCC(=O)OCC(COC(=O)CCCCCCC/C=C\CCCCCCCC)OC(=O)CCCCCCCCCCCCC/C=C\CCCCCCCCCC. The fourth-order valence-corrected chi connectivity index (χ4v) is 9.85. The molecule has 0 bridgehead atoms. The van der Waals surface area contributed by atoms with E-state index in [1.54, 1.807) is 0 Å². The second-order valence-electron chi connectivity index (χ2n) is 23.1. The summed E-state index contributed by atoms with van der Waals surface area (Å²) >= 11 is 0. The topological polar surface area (TPSA) is 78.9 Å². The maximum absolute atomic E-state index is 13.0. The van der Waals surface area contributed by atoms with E-state index in [0.29, 0.717) is 19.3 Å². The lowest BCUT2D eigenvalue weighted by molar-refractivity contribution is -0.167. The van der Waals surface area contributed by atoms with Gasteiger partial charge < -0.3 is 14.2 Å². The highest BCUT2D eigenvalue weighted by atomic mass is 16.6. The molecule has 0 saturated heterocycles. The van der Waals surface area contributed by atoms with Crippen LogP contribution in [0, 0.1) is 0 Å². The van der Waals surface area contributed by atoms with Crippen LogP contribution in [0.15, 0.2) is 97.2 Å². The maximum Gasteiger partial charge on any atom is 0.306 e. The van der Waals surface area contributed by atoms with Crippen LogP contribution in [0.1, 0.15) is 342 Å². The molecule has 0 aliphatic heterocycles. The molecule has 0 rings (SSSR count). The number of carbonyl (C=O) groups is 3. The molecule has 0 N–H and O–H groups in total. The lowest BCUT2D eigenvalue weighted by atomic mass is 10.0. The minimum atomic E-state index is -0.790. The normalized spacial score (nSPS) is 12.7. The van der Waals surface area contributed by atoms with Crippen molar-refractivity contribution >= 4 is 17.9 Å². The van der Waals surface area contributed by atoms with Crippen molar-refractivity contribution in [3.8, 4) is 0 Å². The van der Waals surface area contributed by atoms with Crippen molar-refractivity contribution in [2.24, 2.45) is 0 Å². The van der Waals surface area contributed by atoms with Crippen molar-refractivity contribution in [2.75, 3.05) is 13.2 Å². The molecule has 0 saturated carbocycles. The standard InChI is InChI=1S/C75H130O6/c1-4-7-10-13-16-19-22-25-28-30-32-34-36-37-39-40-42-44-47-50-53-56-59-62-65-68-74(77)80-71-72(70-79-73(76)67-64-61-58-55-52-49-46-27-24-21-18-15-12-9-6-3)81-75(78)69-66-63-60-57-54-51-48-45-43-41-38-35-33-31-29-26-23-20-17-14-11-8-5-2/h7,10,16,19,25,27-28,31-34,37,39,42,44,46,72H,4-6,8-9,11-15,17-18,20-24,26,29-30,35-36,38,40-41,43,45,47-71H2,1-3H3/b10-7-,19-16-,28-25-,33-31-,34-32-,39-37-,44-42-,46-27-. The lowest BCUT2D eigenvalue weighted by Gasteiger charge is -2.18. The molecule has 0 aromatic rings. The van der Waals surface area contributed by atoms with Gasteiger partial charge in [-0.2, -0.15) is 0 Å². The van der Waals surface area contributed by atoms with Crippen LogP contribution in [-0.4, -0.2) is 37.2 Å². The Hall–Kier alpha value is -3.67. The Balaban J connectivity index is 4.38. The molecule has 0 amide bonds. The quantitative estimate of drug-likeness (QED) is 0.0261. The van der Waals surface area contributed by atoms with E-state index in [2.05, 4.69) is 118 Å². The Morgan fingerprint density at radius 2 is 0.481 bits per heavy atom. The van der Waals surface area contributed by atoms with Crippen LogP contribution in [0.4, 0.5) is 0 Å². The van der Waals surface area contributed by atoms with Gasteiger partial charge in [-0.15, -0.1) is 0 Å². The Labute approximate surface area is 502 Å². The van der Waals surface area contributed by atoms with Crippen LogP contribution < -0.4 is 0 Å². The van der Waals surface area contributed by atoms with Crippen molar-refractivity contribution in [1.29, 1.82) is 0 Å². The summed E-state index contributed by atoms with van der Waals surface area (Å²) in [6.07, 6.45) is 92.8. The average molecular weight is 1130 g/mol. The van der Waals surface area contributed by atoms with Crippen LogP contribution in [-0.2, 0) is 28.6 Å². The zero-order valence-corrected chi connectivity index (χ0v) is 53.5. The number of ether oxygens (including phenoxy) is 3. The zero-order chi connectivity index (χ0) is 58.5. The molecule has 0 radical (unpaired) electrons. The average Bonchev–Trinajstić information content (AvgIpc) is 3.47. The van der Waals surface area contributed by atoms with E-state index in [4.69, 9.17) is 14.2 Å². The third-order valence-corrected chi connectivity index (χ3v) is 15.0. The number of hydrogen-bond acceptors (Lipinski definition) is 6. The summed E-state index contributed by atoms with van der Waals surface area (Å²) in [4.78, 5) is 38.4. The number of allylic oxidation sites excluding steroid dienone is 16. The predicted molar refractivity (Wildman–Crippen MR) is 353 cm³/mol. The Morgan fingerprint density at radius 1 is 0.259 bits per heavy atom. The number of esters is 3. The minimum absolute atomic E-state index is 0.0854. The third-order valence-electron chi connectivity index (χ3n) is 15.0. The van der Waals surface area contributed by atoms with Crippen molar-refractivity contribution in [1.82, 2.24) is 0 Å². The summed E-state index contributed by atoms with van der Waals surface area (Å²) in [5.74, 6) is -0.894. The summed E-state index contributed by atoms with van der Waals surface area (Å²) < 4.78 is 17.0. The first-order chi connectivity index (χ1) is 40.0. The molecule has 0 aromatic carbocycles. The third kappa shape index (κ3) is 67.0. The molecule has 6 heteroatoms. The molecule has 466 valence electrons. The van der Waals surface area contributed by atoms with E-state index in [1.165, 1.54) is 186 Å². The summed E-state index contributed by atoms with van der Waals surface area (Å²) in [6, 6.07) is 0. The molecule has 0 spiro atoms. The first-order valence-corrected chi connectivity index (χ1v) is 34.7. The zero-order valence-electron chi connectivity index (χ0n) is 53.5. The molecule has 6 nitrogen and oxygen atoms in total. The van der Waals surface area contributed by atoms with Gasteiger partial charge in [0, 0.05) is 19.3 Å². The number of unbranched alkanes of at least 4 members (excludes halogenated alkanes) is 36. The Kier molecular flexibility index (Phi) is 65.7. The first-order valence-electron chi connectivity index (χ1n) is 34.7.